The van der Waals surface area contributed by atoms with Crippen molar-refractivity contribution in [2.24, 2.45) is 0 Å². The summed E-state index contributed by atoms with van der Waals surface area (Å²) in [7, 11) is 3.65. The number of nitrogens with zero attached hydrogens (tertiary/aromatic N) is 3. The van der Waals surface area contributed by atoms with E-state index in [1.54, 1.807) is 0 Å². The molecule has 1 amide bonds. The number of benzene rings is 2. The molecule has 0 bridgehead atoms. The number of ketones is 1. The predicted molar refractivity (Wildman–Crippen MR) is 124 cm³/mol. The first kappa shape index (κ1) is 22.9. The van der Waals surface area contributed by atoms with Gasteiger partial charge in [-0.2, -0.15) is 5.26 Å². The van der Waals surface area contributed by atoms with Crippen LogP contribution in [0.25, 0.3) is 0 Å². The Morgan fingerprint density at radius 2 is 1.59 bits per heavy atom. The summed E-state index contributed by atoms with van der Waals surface area (Å²) in [4.78, 5) is 28.7. The Balaban J connectivity index is 1.57. The fraction of sp³-hybridized carbons (Fsp3) is 0.320. The summed E-state index contributed by atoms with van der Waals surface area (Å²) in [6.45, 7) is 4.29. The number of para-hydroxylation sites is 2. The molecule has 0 atom stereocenters. The maximum Gasteiger partial charge on any atom is 0.220 e. The van der Waals surface area contributed by atoms with Crippen LogP contribution in [0.3, 0.4) is 0 Å². The summed E-state index contributed by atoms with van der Waals surface area (Å²) >= 11 is 0. The lowest BCUT2D eigenvalue weighted by Gasteiger charge is -2.19. The van der Waals surface area contributed by atoms with Gasteiger partial charge in [0.15, 0.2) is 5.78 Å². The number of hydrogen-bond acceptors (Lipinski definition) is 6. The normalized spacial score (nSPS) is 12.4. The van der Waals surface area contributed by atoms with Crippen molar-refractivity contribution in [2.75, 3.05) is 23.9 Å². The fourth-order valence-corrected chi connectivity index (χ4v) is 3.66. The van der Waals surface area contributed by atoms with Gasteiger partial charge in [-0.05, 0) is 43.7 Å². The van der Waals surface area contributed by atoms with Crippen molar-refractivity contribution in [3.8, 4) is 11.8 Å². The van der Waals surface area contributed by atoms with Crippen LogP contribution in [0, 0.1) is 11.3 Å². The number of allylic oxidation sites excluding steroid dienone is 1. The van der Waals surface area contributed by atoms with Crippen molar-refractivity contribution < 1.29 is 14.3 Å². The number of carbonyl (C=O) groups excluding carboxylic acids is 2. The highest BCUT2D eigenvalue weighted by Gasteiger charge is 2.31. The number of hydrogen-bond donors (Lipinski definition) is 1. The molecular formula is C25H28N4O3. The lowest BCUT2D eigenvalue weighted by atomic mass is 10.1. The average Bonchev–Trinajstić information content (AvgIpc) is 3.03. The number of Topliss-reactive ketones (excluding diaryl/α,β-unsaturated/α-hetero) is 1. The van der Waals surface area contributed by atoms with Gasteiger partial charge in [-0.15, -0.1) is 0 Å². The summed E-state index contributed by atoms with van der Waals surface area (Å²) in [5, 5.41) is 12.5. The molecule has 0 saturated heterocycles. The van der Waals surface area contributed by atoms with Crippen LogP contribution >= 0.6 is 0 Å². The number of anilines is 2. The van der Waals surface area contributed by atoms with Crippen molar-refractivity contribution >= 4 is 23.1 Å². The van der Waals surface area contributed by atoms with Crippen LogP contribution in [0.2, 0.25) is 0 Å². The van der Waals surface area contributed by atoms with E-state index in [1.165, 1.54) is 0 Å². The van der Waals surface area contributed by atoms with Crippen LogP contribution < -0.4 is 19.9 Å². The first-order chi connectivity index (χ1) is 15.3. The van der Waals surface area contributed by atoms with Gasteiger partial charge in [0.1, 0.15) is 23.2 Å². The van der Waals surface area contributed by atoms with E-state index in [9.17, 15) is 14.9 Å². The Labute approximate surface area is 188 Å². The average molecular weight is 433 g/mol. The van der Waals surface area contributed by atoms with Gasteiger partial charge < -0.3 is 19.9 Å². The summed E-state index contributed by atoms with van der Waals surface area (Å²) in [6.07, 6.45) is 0.0909. The summed E-state index contributed by atoms with van der Waals surface area (Å²) < 4.78 is 5.61. The number of ether oxygens (including phenoxy) is 1. The van der Waals surface area contributed by atoms with Crippen LogP contribution in [0.1, 0.15) is 32.3 Å². The molecule has 0 aromatic heterocycles. The number of fused-ring (bicyclic) bond motifs is 1. The standard InChI is InChI=1S/C25H28N4O3/c1-17(2)32-19-11-9-18(10-12-19)16-27-24(31)14-13-23(30)20(15-26)25-28(3)21-7-5-6-8-22(21)29(25)4/h5-12,17H,13-14,16H2,1-4H3,(H,27,31). The molecule has 0 unspecified atom stereocenters. The molecule has 7 nitrogen and oxygen atoms in total. The zero-order valence-electron chi connectivity index (χ0n) is 18.9. The smallest absolute Gasteiger partial charge is 0.220 e. The maximum atomic E-state index is 12.8. The van der Waals surface area contributed by atoms with E-state index in [0.29, 0.717) is 12.4 Å². The van der Waals surface area contributed by atoms with Gasteiger partial charge in [-0.3, -0.25) is 9.59 Å². The van der Waals surface area contributed by atoms with E-state index in [-0.39, 0.29) is 36.2 Å². The van der Waals surface area contributed by atoms with Gasteiger partial charge in [0, 0.05) is 33.5 Å². The molecule has 2 aromatic carbocycles. The molecular weight excluding hydrogens is 404 g/mol. The molecule has 0 aliphatic carbocycles. The fourth-order valence-electron chi connectivity index (χ4n) is 3.66. The number of nitrogens with one attached hydrogen (secondary N) is 1. The third kappa shape index (κ3) is 5.09. The number of rotatable bonds is 8. The van der Waals surface area contributed by atoms with Crippen molar-refractivity contribution in [1.29, 1.82) is 5.26 Å². The van der Waals surface area contributed by atoms with Crippen molar-refractivity contribution in [1.82, 2.24) is 5.32 Å². The van der Waals surface area contributed by atoms with Gasteiger partial charge in [-0.25, -0.2) is 0 Å². The Morgan fingerprint density at radius 1 is 1.00 bits per heavy atom. The first-order valence-electron chi connectivity index (χ1n) is 10.6. The lowest BCUT2D eigenvalue weighted by molar-refractivity contribution is -0.124. The second kappa shape index (κ2) is 10.0. The van der Waals surface area contributed by atoms with E-state index in [0.717, 1.165) is 22.7 Å². The first-order valence-corrected chi connectivity index (χ1v) is 10.6. The van der Waals surface area contributed by atoms with E-state index in [1.807, 2.05) is 92.3 Å². The number of carbonyl (C=O) groups is 2. The van der Waals surface area contributed by atoms with Crippen LogP contribution in [0.4, 0.5) is 11.4 Å². The molecule has 0 fully saturated rings. The highest BCUT2D eigenvalue weighted by molar-refractivity contribution is 6.03. The van der Waals surface area contributed by atoms with E-state index in [2.05, 4.69) is 5.32 Å². The van der Waals surface area contributed by atoms with Gasteiger partial charge in [0.05, 0.1) is 17.5 Å². The molecule has 2 aromatic rings. The quantitative estimate of drug-likeness (QED) is 0.505. The van der Waals surface area contributed by atoms with Crippen LogP contribution in [-0.4, -0.2) is 31.9 Å². The van der Waals surface area contributed by atoms with Crippen molar-refractivity contribution in [3.63, 3.8) is 0 Å². The van der Waals surface area contributed by atoms with Gasteiger partial charge in [-0.1, -0.05) is 24.3 Å². The van der Waals surface area contributed by atoms with Crippen molar-refractivity contribution in [3.05, 3.63) is 65.5 Å². The van der Waals surface area contributed by atoms with E-state index >= 15 is 0 Å². The number of nitriles is 1. The topological polar surface area (TPSA) is 85.7 Å². The molecule has 0 saturated carbocycles. The third-order valence-electron chi connectivity index (χ3n) is 5.22. The van der Waals surface area contributed by atoms with Crippen molar-refractivity contribution in [2.45, 2.75) is 39.3 Å². The van der Waals surface area contributed by atoms with Gasteiger partial charge >= 0.3 is 0 Å². The Kier molecular flexibility index (Phi) is 7.16. The zero-order valence-corrected chi connectivity index (χ0v) is 18.9. The van der Waals surface area contributed by atoms with Crippen LogP contribution in [-0.2, 0) is 16.1 Å². The molecule has 1 heterocycles. The molecule has 166 valence electrons. The Bertz CT molecular complexity index is 1040. The number of amides is 1. The third-order valence-corrected chi connectivity index (χ3v) is 5.22. The molecule has 3 rings (SSSR count). The minimum absolute atomic E-state index is 0.0201. The van der Waals surface area contributed by atoms with E-state index < -0.39 is 0 Å². The molecule has 7 heteroatoms. The minimum Gasteiger partial charge on any atom is -0.491 e. The van der Waals surface area contributed by atoms with Crippen LogP contribution in [0.15, 0.2) is 59.9 Å². The SMILES string of the molecule is CC(C)Oc1ccc(CNC(=O)CCC(=O)C(C#N)=C2N(C)c3ccccc3N2C)cc1. The van der Waals surface area contributed by atoms with Crippen LogP contribution in [0.5, 0.6) is 5.75 Å². The molecule has 1 N–H and O–H groups in total. The molecule has 32 heavy (non-hydrogen) atoms. The highest BCUT2D eigenvalue weighted by atomic mass is 16.5. The van der Waals surface area contributed by atoms with Gasteiger partial charge in [0.2, 0.25) is 5.91 Å². The van der Waals surface area contributed by atoms with Gasteiger partial charge in [0.25, 0.3) is 0 Å². The summed E-state index contributed by atoms with van der Waals surface area (Å²) in [5.74, 6) is 0.725. The summed E-state index contributed by atoms with van der Waals surface area (Å²) in [6, 6.07) is 17.3. The maximum absolute atomic E-state index is 12.8. The minimum atomic E-state index is -0.348. The van der Waals surface area contributed by atoms with E-state index in [4.69, 9.17) is 4.74 Å². The Morgan fingerprint density at radius 3 is 2.12 bits per heavy atom. The molecule has 0 spiro atoms. The summed E-state index contributed by atoms with van der Waals surface area (Å²) in [5.41, 5.74) is 2.84. The lowest BCUT2D eigenvalue weighted by Crippen LogP contribution is -2.27. The zero-order chi connectivity index (χ0) is 23.3. The molecule has 1 aliphatic rings. The highest BCUT2D eigenvalue weighted by Crippen LogP contribution is 2.40. The largest absolute Gasteiger partial charge is 0.491 e. The Hall–Kier alpha value is -3.79. The second-order valence-electron chi connectivity index (χ2n) is 7.93. The second-order valence-corrected chi connectivity index (χ2v) is 7.93. The molecule has 0 radical (unpaired) electrons. The predicted octanol–water partition coefficient (Wildman–Crippen LogP) is 3.76. The molecule has 1 aliphatic heterocycles. The monoisotopic (exact) mass is 432 g/mol.